The first-order valence-corrected chi connectivity index (χ1v) is 6.77. The molecule has 0 bridgehead atoms. The molecule has 0 aromatic heterocycles. The standard InChI is InChI=1S/C15H15BrO4/c1-3-20-15(18)13(5-4-6-14(17)19-2)11-7-9-12(16)10-8-11/h4-10H,3H2,1-2H3/b6-4-,13-5+. The lowest BCUT2D eigenvalue weighted by atomic mass is 10.1. The van der Waals surface area contributed by atoms with Crippen molar-refractivity contribution >= 4 is 33.4 Å². The van der Waals surface area contributed by atoms with Gasteiger partial charge in [-0.25, -0.2) is 9.59 Å². The number of benzene rings is 1. The van der Waals surface area contributed by atoms with E-state index in [1.807, 2.05) is 12.1 Å². The Morgan fingerprint density at radius 1 is 1.25 bits per heavy atom. The molecule has 1 aromatic carbocycles. The van der Waals surface area contributed by atoms with E-state index in [1.54, 1.807) is 19.1 Å². The van der Waals surface area contributed by atoms with Gasteiger partial charge in [-0.1, -0.05) is 34.1 Å². The zero-order valence-corrected chi connectivity index (χ0v) is 12.8. The van der Waals surface area contributed by atoms with Crippen molar-refractivity contribution in [2.75, 3.05) is 13.7 Å². The first-order chi connectivity index (χ1) is 9.58. The van der Waals surface area contributed by atoms with Crippen molar-refractivity contribution in [1.82, 2.24) is 0 Å². The summed E-state index contributed by atoms with van der Waals surface area (Å²) in [6.45, 7) is 2.02. The highest BCUT2D eigenvalue weighted by molar-refractivity contribution is 9.10. The number of carbonyl (C=O) groups excluding carboxylic acids is 2. The lowest BCUT2D eigenvalue weighted by molar-refractivity contribution is -0.136. The van der Waals surface area contributed by atoms with Gasteiger partial charge in [-0.05, 0) is 30.7 Å². The first kappa shape index (κ1) is 16.2. The second kappa shape index (κ2) is 8.32. The molecule has 0 spiro atoms. The maximum atomic E-state index is 11.9. The third kappa shape index (κ3) is 5.01. The second-order valence-electron chi connectivity index (χ2n) is 3.69. The van der Waals surface area contributed by atoms with Gasteiger partial charge in [-0.2, -0.15) is 0 Å². The number of esters is 2. The second-order valence-corrected chi connectivity index (χ2v) is 4.61. The third-order valence-corrected chi connectivity index (χ3v) is 2.88. The van der Waals surface area contributed by atoms with E-state index in [0.29, 0.717) is 11.1 Å². The fourth-order valence-electron chi connectivity index (χ4n) is 1.41. The summed E-state index contributed by atoms with van der Waals surface area (Å²) in [6, 6.07) is 7.23. The Morgan fingerprint density at radius 2 is 1.90 bits per heavy atom. The Balaban J connectivity index is 3.05. The highest BCUT2D eigenvalue weighted by Gasteiger charge is 2.12. The van der Waals surface area contributed by atoms with Crippen molar-refractivity contribution in [3.63, 3.8) is 0 Å². The van der Waals surface area contributed by atoms with Gasteiger partial charge in [0.05, 0.1) is 19.3 Å². The molecular formula is C15H15BrO4. The average molecular weight is 339 g/mol. The quantitative estimate of drug-likeness (QED) is 0.470. The van der Waals surface area contributed by atoms with Gasteiger partial charge in [-0.3, -0.25) is 0 Å². The fraction of sp³-hybridized carbons (Fsp3) is 0.200. The zero-order valence-electron chi connectivity index (χ0n) is 11.3. The number of halogens is 1. The number of rotatable bonds is 5. The van der Waals surface area contributed by atoms with E-state index >= 15 is 0 Å². The molecule has 0 amide bonds. The highest BCUT2D eigenvalue weighted by atomic mass is 79.9. The summed E-state index contributed by atoms with van der Waals surface area (Å²) in [6.07, 6.45) is 4.22. The van der Waals surface area contributed by atoms with Crippen molar-refractivity contribution in [2.24, 2.45) is 0 Å². The Kier molecular flexibility index (Phi) is 6.73. The summed E-state index contributed by atoms with van der Waals surface area (Å²) < 4.78 is 10.4. The van der Waals surface area contributed by atoms with Crippen LogP contribution >= 0.6 is 15.9 Å². The van der Waals surface area contributed by atoms with E-state index in [2.05, 4.69) is 20.7 Å². The summed E-state index contributed by atoms with van der Waals surface area (Å²) in [5.41, 5.74) is 1.08. The Labute approximate surface area is 126 Å². The summed E-state index contributed by atoms with van der Waals surface area (Å²) >= 11 is 3.33. The minimum Gasteiger partial charge on any atom is -0.466 e. The third-order valence-electron chi connectivity index (χ3n) is 2.35. The van der Waals surface area contributed by atoms with Crippen LogP contribution in [0.15, 0.2) is 47.0 Å². The molecule has 0 radical (unpaired) electrons. The predicted molar refractivity (Wildman–Crippen MR) is 79.9 cm³/mol. The van der Waals surface area contributed by atoms with Crippen LogP contribution in [-0.2, 0) is 19.1 Å². The molecule has 0 N–H and O–H groups in total. The molecule has 0 heterocycles. The topological polar surface area (TPSA) is 52.6 Å². The Hall–Kier alpha value is -1.88. The van der Waals surface area contributed by atoms with Gasteiger partial charge in [-0.15, -0.1) is 0 Å². The van der Waals surface area contributed by atoms with Gasteiger partial charge in [0.1, 0.15) is 0 Å². The summed E-state index contributed by atoms with van der Waals surface area (Å²) in [4.78, 5) is 22.9. The lowest BCUT2D eigenvalue weighted by Gasteiger charge is -2.06. The number of methoxy groups -OCH3 is 1. The zero-order chi connectivity index (χ0) is 15.0. The number of allylic oxidation sites excluding steroid dienone is 2. The molecule has 0 atom stereocenters. The maximum absolute atomic E-state index is 11.9. The van der Waals surface area contributed by atoms with Crippen LogP contribution in [0.4, 0.5) is 0 Å². The van der Waals surface area contributed by atoms with Crippen molar-refractivity contribution in [3.05, 3.63) is 52.5 Å². The van der Waals surface area contributed by atoms with Crippen LogP contribution in [0.1, 0.15) is 12.5 Å². The summed E-state index contributed by atoms with van der Waals surface area (Å²) in [7, 11) is 1.29. The van der Waals surface area contributed by atoms with Gasteiger partial charge in [0, 0.05) is 10.5 Å². The number of carbonyl (C=O) groups is 2. The van der Waals surface area contributed by atoms with Crippen molar-refractivity contribution in [3.8, 4) is 0 Å². The molecule has 1 aromatic rings. The molecule has 0 unspecified atom stereocenters. The van der Waals surface area contributed by atoms with E-state index in [4.69, 9.17) is 4.74 Å². The molecule has 20 heavy (non-hydrogen) atoms. The minimum atomic E-state index is -0.486. The van der Waals surface area contributed by atoms with Crippen LogP contribution < -0.4 is 0 Å². The number of hydrogen-bond acceptors (Lipinski definition) is 4. The largest absolute Gasteiger partial charge is 0.466 e. The molecule has 0 fully saturated rings. The highest BCUT2D eigenvalue weighted by Crippen LogP contribution is 2.19. The van der Waals surface area contributed by atoms with E-state index in [1.165, 1.54) is 25.3 Å². The molecular weight excluding hydrogens is 324 g/mol. The normalized spacial score (nSPS) is 11.4. The molecule has 0 aliphatic heterocycles. The molecule has 0 aliphatic carbocycles. The number of hydrogen-bond donors (Lipinski definition) is 0. The van der Waals surface area contributed by atoms with Crippen molar-refractivity contribution < 1.29 is 19.1 Å². The van der Waals surface area contributed by atoms with Gasteiger partial charge in [0.2, 0.25) is 0 Å². The minimum absolute atomic E-state index is 0.285. The summed E-state index contributed by atoms with van der Waals surface area (Å²) in [5.74, 6) is -0.926. The molecule has 4 nitrogen and oxygen atoms in total. The fourth-order valence-corrected chi connectivity index (χ4v) is 1.68. The van der Waals surface area contributed by atoms with Crippen LogP contribution in [0.3, 0.4) is 0 Å². The van der Waals surface area contributed by atoms with Crippen molar-refractivity contribution in [2.45, 2.75) is 6.92 Å². The van der Waals surface area contributed by atoms with Crippen LogP contribution in [0.2, 0.25) is 0 Å². The van der Waals surface area contributed by atoms with Crippen LogP contribution in [-0.4, -0.2) is 25.7 Å². The van der Waals surface area contributed by atoms with Gasteiger partial charge >= 0.3 is 11.9 Å². The SMILES string of the molecule is CCOC(=O)/C(=C/C=C\C(=O)OC)c1ccc(Br)cc1. The molecule has 0 saturated carbocycles. The van der Waals surface area contributed by atoms with Gasteiger partial charge in [0.25, 0.3) is 0 Å². The van der Waals surface area contributed by atoms with Crippen LogP contribution in [0.25, 0.3) is 5.57 Å². The van der Waals surface area contributed by atoms with Gasteiger partial charge in [0.15, 0.2) is 0 Å². The maximum Gasteiger partial charge on any atom is 0.338 e. The Morgan fingerprint density at radius 3 is 2.45 bits per heavy atom. The molecule has 1 rings (SSSR count). The lowest BCUT2D eigenvalue weighted by Crippen LogP contribution is -2.06. The molecule has 5 heteroatoms. The van der Waals surface area contributed by atoms with E-state index < -0.39 is 11.9 Å². The molecule has 0 aliphatic rings. The summed E-state index contributed by atoms with van der Waals surface area (Å²) in [5, 5.41) is 0. The number of ether oxygens (including phenoxy) is 2. The average Bonchev–Trinajstić information content (AvgIpc) is 2.44. The molecule has 106 valence electrons. The van der Waals surface area contributed by atoms with E-state index in [-0.39, 0.29) is 6.61 Å². The smallest absolute Gasteiger partial charge is 0.338 e. The molecule has 0 saturated heterocycles. The first-order valence-electron chi connectivity index (χ1n) is 5.97. The Bertz CT molecular complexity index is 529. The van der Waals surface area contributed by atoms with Crippen LogP contribution in [0.5, 0.6) is 0 Å². The van der Waals surface area contributed by atoms with E-state index in [9.17, 15) is 9.59 Å². The van der Waals surface area contributed by atoms with Crippen molar-refractivity contribution in [1.29, 1.82) is 0 Å². The van der Waals surface area contributed by atoms with Gasteiger partial charge < -0.3 is 9.47 Å². The predicted octanol–water partition coefficient (Wildman–Crippen LogP) is 3.12. The monoisotopic (exact) mass is 338 g/mol. The van der Waals surface area contributed by atoms with E-state index in [0.717, 1.165) is 4.47 Å². The van der Waals surface area contributed by atoms with Crippen LogP contribution in [0, 0.1) is 0 Å².